The first-order valence-corrected chi connectivity index (χ1v) is 19.7. The molecule has 1 aromatic heterocycles. The van der Waals surface area contributed by atoms with E-state index < -0.39 is 22.8 Å². The van der Waals surface area contributed by atoms with Gasteiger partial charge in [-0.05, 0) is 116 Å². The van der Waals surface area contributed by atoms with Crippen molar-refractivity contribution in [3.63, 3.8) is 0 Å². The highest BCUT2D eigenvalue weighted by Crippen LogP contribution is 2.76. The lowest BCUT2D eigenvalue weighted by molar-refractivity contribution is -0.232. The average molecular weight is 722 g/mol. The lowest BCUT2D eigenvalue weighted by Gasteiger charge is -2.72. The van der Waals surface area contributed by atoms with Gasteiger partial charge in [-0.3, -0.25) is 28.7 Å². The molecule has 5 aliphatic rings. The number of nitrogens with one attached hydrogen (secondary N) is 1. The van der Waals surface area contributed by atoms with Crippen LogP contribution in [-0.4, -0.2) is 51.3 Å². The Hall–Kier alpha value is -3.17. The quantitative estimate of drug-likeness (QED) is 0.290. The number of fused-ring (bicyclic) bond motifs is 7. The van der Waals surface area contributed by atoms with Crippen molar-refractivity contribution in [1.82, 2.24) is 14.7 Å². The fourth-order valence-corrected chi connectivity index (χ4v) is 13.2. The van der Waals surface area contributed by atoms with Crippen molar-refractivity contribution in [1.29, 1.82) is 0 Å². The smallest absolute Gasteiger partial charge is 0.309 e. The SMILES string of the molecule is CNC(=O)Cn1c(=O)cc([C@@]23CC[C@]4(C)[C@H](CC[C@@H]5[C@@]6(C)CC[C@H](OC(=O)CC(C)(C)C(=O)O)C(C)(C)[C@@H]6CC[C@]54C)C2=C(C(C)C)C(=O)C3)n1C. The average Bonchev–Trinajstić information content (AvgIpc) is 3.51. The molecule has 10 nitrogen and oxygen atoms in total. The fraction of sp³-hybridized carbons (Fsp3) is 0.786. The molecule has 0 saturated heterocycles. The molecule has 6 rings (SSSR count). The van der Waals surface area contributed by atoms with Gasteiger partial charge in [0.1, 0.15) is 12.6 Å². The molecule has 0 aromatic carbocycles. The zero-order valence-corrected chi connectivity index (χ0v) is 33.5. The molecule has 10 heteroatoms. The van der Waals surface area contributed by atoms with Crippen LogP contribution in [0.4, 0.5) is 0 Å². The maximum absolute atomic E-state index is 14.2. The molecule has 1 amide bonds. The van der Waals surface area contributed by atoms with Crippen molar-refractivity contribution in [3.05, 3.63) is 33.3 Å². The fourth-order valence-electron chi connectivity index (χ4n) is 13.2. The molecule has 52 heavy (non-hydrogen) atoms. The highest BCUT2D eigenvalue weighted by atomic mass is 16.5. The summed E-state index contributed by atoms with van der Waals surface area (Å²) in [6.07, 6.45) is 7.50. The Labute approximate surface area is 309 Å². The summed E-state index contributed by atoms with van der Waals surface area (Å²) in [5, 5.41) is 12.2. The van der Waals surface area contributed by atoms with Crippen LogP contribution in [0, 0.1) is 50.7 Å². The molecule has 288 valence electrons. The number of ketones is 1. The summed E-state index contributed by atoms with van der Waals surface area (Å²) in [5.74, 6) is -0.419. The molecule has 0 aliphatic heterocycles. The third kappa shape index (κ3) is 5.33. The number of allylic oxidation sites excluding steroid dienone is 2. The molecular formula is C42H63N3O7. The zero-order chi connectivity index (χ0) is 38.6. The summed E-state index contributed by atoms with van der Waals surface area (Å²) in [7, 11) is 3.43. The van der Waals surface area contributed by atoms with Crippen molar-refractivity contribution < 1.29 is 29.0 Å². The highest BCUT2D eigenvalue weighted by molar-refractivity contribution is 6.01. The number of ether oxygens (including phenoxy) is 1. The molecular weight excluding hydrogens is 658 g/mol. The number of likely N-dealkylation sites (N-methyl/N-ethyl adjacent to an activating group) is 1. The maximum Gasteiger partial charge on any atom is 0.309 e. The summed E-state index contributed by atoms with van der Waals surface area (Å²) < 4.78 is 9.51. The lowest BCUT2D eigenvalue weighted by Crippen LogP contribution is -2.66. The van der Waals surface area contributed by atoms with Gasteiger partial charge in [0.2, 0.25) is 5.91 Å². The van der Waals surface area contributed by atoms with E-state index in [1.807, 2.05) is 11.7 Å². The van der Waals surface area contributed by atoms with Gasteiger partial charge >= 0.3 is 11.9 Å². The lowest BCUT2D eigenvalue weighted by atomic mass is 9.33. The van der Waals surface area contributed by atoms with Crippen molar-refractivity contribution in [3.8, 4) is 0 Å². The first-order valence-electron chi connectivity index (χ1n) is 19.7. The molecule has 2 N–H and O–H groups in total. The van der Waals surface area contributed by atoms with E-state index >= 15 is 0 Å². The molecule has 1 aromatic rings. The molecule has 5 aliphatic carbocycles. The largest absolute Gasteiger partial charge is 0.481 e. The normalized spacial score (nSPS) is 36.8. The summed E-state index contributed by atoms with van der Waals surface area (Å²) in [6, 6.07) is 1.69. The molecule has 0 spiro atoms. The van der Waals surface area contributed by atoms with Crippen LogP contribution < -0.4 is 10.9 Å². The van der Waals surface area contributed by atoms with E-state index in [0.717, 1.165) is 62.6 Å². The highest BCUT2D eigenvalue weighted by Gasteiger charge is 2.70. The monoisotopic (exact) mass is 721 g/mol. The second kappa shape index (κ2) is 12.4. The third-order valence-corrected chi connectivity index (χ3v) is 16.1. The number of nitrogens with zero attached hydrogens (tertiary/aromatic N) is 2. The van der Waals surface area contributed by atoms with Crippen LogP contribution in [0.3, 0.4) is 0 Å². The number of esters is 1. The summed E-state index contributed by atoms with van der Waals surface area (Å²) in [6.45, 7) is 19.4. The van der Waals surface area contributed by atoms with Crippen LogP contribution in [0.1, 0.15) is 132 Å². The minimum atomic E-state index is -1.18. The number of Topliss-reactive ketones (excluding diaryl/α,β-unsaturated/α-hetero) is 1. The van der Waals surface area contributed by atoms with Gasteiger partial charge in [0.15, 0.2) is 5.78 Å². The Morgan fingerprint density at radius 3 is 2.25 bits per heavy atom. The van der Waals surface area contributed by atoms with Crippen molar-refractivity contribution in [2.45, 2.75) is 145 Å². The van der Waals surface area contributed by atoms with Crippen LogP contribution in [0.5, 0.6) is 0 Å². The van der Waals surface area contributed by atoms with E-state index in [1.54, 1.807) is 27.0 Å². The van der Waals surface area contributed by atoms with Crippen LogP contribution in [-0.2, 0) is 42.9 Å². The number of carboxylic acids is 1. The van der Waals surface area contributed by atoms with Gasteiger partial charge in [-0.25, -0.2) is 4.68 Å². The van der Waals surface area contributed by atoms with E-state index in [-0.39, 0.29) is 69.8 Å². The van der Waals surface area contributed by atoms with Gasteiger partial charge in [-0.2, -0.15) is 0 Å². The maximum atomic E-state index is 14.2. The number of hydrogen-bond donors (Lipinski definition) is 2. The van der Waals surface area contributed by atoms with E-state index in [4.69, 9.17) is 4.74 Å². The standard InChI is InChI=1S/C42H63N3O7/c1-24(2)34-26(46)21-42(29-20-32(48)45(44(29)11)23-31(47)43-10)19-18-40(8)25(35(34)42)12-13-28-39(7)16-15-30(52-33(49)22-37(3,4)36(50)51)38(5,6)27(39)14-17-41(28,40)9/h20,24-25,27-28,30H,12-19,21-23H2,1-11H3,(H,43,47)(H,50,51)/t25-,27+,28-,30+,39+,40-,41-,42+/m1/s1. The summed E-state index contributed by atoms with van der Waals surface area (Å²) in [5.41, 5.74) is 0.826. The predicted octanol–water partition coefficient (Wildman–Crippen LogP) is 6.58. The van der Waals surface area contributed by atoms with E-state index in [2.05, 4.69) is 53.8 Å². The molecule has 0 bridgehead atoms. The minimum Gasteiger partial charge on any atom is -0.481 e. The van der Waals surface area contributed by atoms with E-state index in [9.17, 15) is 29.1 Å². The number of amides is 1. The van der Waals surface area contributed by atoms with Gasteiger partial charge in [0.05, 0.1) is 17.5 Å². The Balaban J connectivity index is 1.35. The number of rotatable bonds is 8. The van der Waals surface area contributed by atoms with Crippen LogP contribution in [0.25, 0.3) is 0 Å². The number of aromatic nitrogens is 2. The second-order valence-electron chi connectivity index (χ2n) is 19.6. The van der Waals surface area contributed by atoms with Crippen molar-refractivity contribution in [2.75, 3.05) is 7.05 Å². The zero-order valence-electron chi connectivity index (χ0n) is 33.5. The van der Waals surface area contributed by atoms with Crippen LogP contribution in [0.15, 0.2) is 22.0 Å². The van der Waals surface area contributed by atoms with Gasteiger partial charge in [-0.15, -0.1) is 0 Å². The second-order valence-corrected chi connectivity index (χ2v) is 19.6. The Kier molecular flexibility index (Phi) is 9.22. The third-order valence-electron chi connectivity index (χ3n) is 16.1. The van der Waals surface area contributed by atoms with Gasteiger partial charge in [-0.1, -0.05) is 48.5 Å². The topological polar surface area (TPSA) is 137 Å². The van der Waals surface area contributed by atoms with Gasteiger partial charge < -0.3 is 15.2 Å². The molecule has 1 heterocycles. The first kappa shape index (κ1) is 38.6. The molecule has 8 atom stereocenters. The number of aliphatic carboxylic acids is 1. The van der Waals surface area contributed by atoms with E-state index in [1.165, 1.54) is 10.3 Å². The Morgan fingerprint density at radius 2 is 1.63 bits per heavy atom. The molecule has 0 unspecified atom stereocenters. The minimum absolute atomic E-state index is 0.0101. The van der Waals surface area contributed by atoms with Gasteiger partial charge in [0, 0.05) is 37.4 Å². The van der Waals surface area contributed by atoms with Crippen LogP contribution >= 0.6 is 0 Å². The number of carbonyl (C=O) groups excluding carboxylic acids is 3. The summed E-state index contributed by atoms with van der Waals surface area (Å²) >= 11 is 0. The Bertz CT molecular complexity index is 1780. The number of hydrogen-bond acceptors (Lipinski definition) is 6. The first-order chi connectivity index (χ1) is 24.0. The predicted molar refractivity (Wildman–Crippen MR) is 198 cm³/mol. The van der Waals surface area contributed by atoms with Crippen LogP contribution in [0.2, 0.25) is 0 Å². The van der Waals surface area contributed by atoms with Crippen molar-refractivity contribution in [2.24, 2.45) is 57.8 Å². The number of carboxylic acid groups (broad SMARTS) is 1. The Morgan fingerprint density at radius 1 is 0.962 bits per heavy atom. The van der Waals surface area contributed by atoms with Gasteiger partial charge in [0.25, 0.3) is 5.56 Å². The molecule has 4 saturated carbocycles. The molecule has 0 radical (unpaired) electrons. The summed E-state index contributed by atoms with van der Waals surface area (Å²) in [4.78, 5) is 64.8. The molecule has 4 fully saturated rings. The van der Waals surface area contributed by atoms with E-state index in [0.29, 0.717) is 18.3 Å². The number of carbonyl (C=O) groups is 4. The van der Waals surface area contributed by atoms with Crippen molar-refractivity contribution >= 4 is 23.6 Å².